The summed E-state index contributed by atoms with van der Waals surface area (Å²) in [4.78, 5) is 18.9. The van der Waals surface area contributed by atoms with E-state index >= 15 is 0 Å². The van der Waals surface area contributed by atoms with Gasteiger partial charge in [-0.15, -0.1) is 0 Å². The largest absolute Gasteiger partial charge is 0.493 e. The Balaban J connectivity index is 1.43. The van der Waals surface area contributed by atoms with Gasteiger partial charge in [-0.05, 0) is 36.8 Å². The Bertz CT molecular complexity index is 937. The van der Waals surface area contributed by atoms with Gasteiger partial charge in [-0.1, -0.05) is 18.2 Å². The summed E-state index contributed by atoms with van der Waals surface area (Å²) in [5.41, 5.74) is 1.92. The van der Waals surface area contributed by atoms with E-state index < -0.39 is 0 Å². The van der Waals surface area contributed by atoms with Crippen molar-refractivity contribution >= 4 is 16.6 Å². The quantitative estimate of drug-likeness (QED) is 0.736. The normalized spacial score (nSPS) is 17.2. The van der Waals surface area contributed by atoms with Crippen molar-refractivity contribution in [3.05, 3.63) is 65.2 Å². The molecule has 0 aliphatic carbocycles. The Morgan fingerprint density at radius 2 is 2.04 bits per heavy atom. The predicted octanol–water partition coefficient (Wildman–Crippen LogP) is 2.84. The number of hydrogen-bond donors (Lipinski definition) is 0. The van der Waals surface area contributed by atoms with Crippen molar-refractivity contribution in [1.82, 2.24) is 9.55 Å². The lowest BCUT2D eigenvalue weighted by molar-refractivity contribution is 0.261. The first-order chi connectivity index (χ1) is 12.2. The SMILES string of the molecule is Cn1cnc2ccc(OCC3CCN(c4ccccc4)C3)cc2c1=O. The standard InChI is InChI=1S/C20H21N3O2/c1-22-14-21-19-8-7-17(11-18(19)20(22)24)25-13-15-9-10-23(12-15)16-5-3-2-4-6-16/h2-8,11,14-15H,9-10,12-13H2,1H3. The number of rotatable bonds is 4. The molecule has 128 valence electrons. The number of aryl methyl sites for hydroxylation is 1. The average molecular weight is 335 g/mol. The molecule has 1 aliphatic heterocycles. The Morgan fingerprint density at radius 3 is 2.88 bits per heavy atom. The minimum Gasteiger partial charge on any atom is -0.493 e. The molecule has 0 bridgehead atoms. The number of benzene rings is 2. The van der Waals surface area contributed by atoms with Crippen LogP contribution in [0.2, 0.25) is 0 Å². The van der Waals surface area contributed by atoms with Crippen LogP contribution < -0.4 is 15.2 Å². The summed E-state index contributed by atoms with van der Waals surface area (Å²) < 4.78 is 7.46. The highest BCUT2D eigenvalue weighted by atomic mass is 16.5. The molecule has 5 heteroatoms. The van der Waals surface area contributed by atoms with Crippen molar-refractivity contribution in [2.24, 2.45) is 13.0 Å². The molecular formula is C20H21N3O2. The van der Waals surface area contributed by atoms with Crippen LogP contribution in [0.3, 0.4) is 0 Å². The van der Waals surface area contributed by atoms with Crippen LogP contribution in [-0.2, 0) is 7.05 Å². The number of ether oxygens (including phenoxy) is 1. The first kappa shape index (κ1) is 15.7. The number of aromatic nitrogens is 2. The maximum Gasteiger partial charge on any atom is 0.261 e. The Morgan fingerprint density at radius 1 is 1.20 bits per heavy atom. The van der Waals surface area contributed by atoms with Gasteiger partial charge in [0.15, 0.2) is 0 Å². The van der Waals surface area contributed by atoms with Crippen LogP contribution in [-0.4, -0.2) is 29.2 Å². The number of nitrogens with zero attached hydrogens (tertiary/aromatic N) is 3. The van der Waals surface area contributed by atoms with E-state index in [1.807, 2.05) is 18.2 Å². The molecule has 2 aromatic carbocycles. The van der Waals surface area contributed by atoms with Gasteiger partial charge < -0.3 is 14.2 Å². The third-order valence-corrected chi connectivity index (χ3v) is 4.78. The lowest BCUT2D eigenvalue weighted by Crippen LogP contribution is -2.21. The first-order valence-corrected chi connectivity index (χ1v) is 8.59. The van der Waals surface area contributed by atoms with Crippen molar-refractivity contribution in [1.29, 1.82) is 0 Å². The van der Waals surface area contributed by atoms with Crippen LogP contribution in [0, 0.1) is 5.92 Å². The van der Waals surface area contributed by atoms with Crippen molar-refractivity contribution in [3.63, 3.8) is 0 Å². The van der Waals surface area contributed by atoms with Gasteiger partial charge in [0.1, 0.15) is 5.75 Å². The van der Waals surface area contributed by atoms with Crippen molar-refractivity contribution < 1.29 is 4.74 Å². The maximum atomic E-state index is 12.2. The molecule has 0 amide bonds. The zero-order valence-corrected chi connectivity index (χ0v) is 14.3. The van der Waals surface area contributed by atoms with Gasteiger partial charge in [0.2, 0.25) is 0 Å². The Hall–Kier alpha value is -2.82. The molecule has 1 fully saturated rings. The number of para-hydroxylation sites is 1. The van der Waals surface area contributed by atoms with Gasteiger partial charge in [-0.2, -0.15) is 0 Å². The van der Waals surface area contributed by atoms with E-state index in [1.54, 1.807) is 19.4 Å². The summed E-state index contributed by atoms with van der Waals surface area (Å²) >= 11 is 0. The van der Waals surface area contributed by atoms with Gasteiger partial charge in [-0.3, -0.25) is 4.79 Å². The molecule has 0 radical (unpaired) electrons. The highest BCUT2D eigenvalue weighted by molar-refractivity contribution is 5.78. The van der Waals surface area contributed by atoms with Gasteiger partial charge >= 0.3 is 0 Å². The van der Waals surface area contributed by atoms with Crippen LogP contribution in [0.1, 0.15) is 6.42 Å². The van der Waals surface area contributed by atoms with E-state index in [9.17, 15) is 4.79 Å². The molecular weight excluding hydrogens is 314 g/mol. The van der Waals surface area contributed by atoms with E-state index in [-0.39, 0.29) is 5.56 Å². The zero-order chi connectivity index (χ0) is 17.2. The highest BCUT2D eigenvalue weighted by Crippen LogP contribution is 2.25. The molecule has 1 atom stereocenters. The van der Waals surface area contributed by atoms with Crippen LogP contribution in [0.15, 0.2) is 59.7 Å². The zero-order valence-electron chi connectivity index (χ0n) is 14.3. The van der Waals surface area contributed by atoms with Gasteiger partial charge in [0, 0.05) is 31.7 Å². The molecule has 4 rings (SSSR count). The second-order valence-electron chi connectivity index (χ2n) is 6.59. The van der Waals surface area contributed by atoms with Crippen LogP contribution >= 0.6 is 0 Å². The molecule has 3 aromatic rings. The average Bonchev–Trinajstić information content (AvgIpc) is 3.13. The summed E-state index contributed by atoms with van der Waals surface area (Å²) in [6, 6.07) is 16.0. The molecule has 25 heavy (non-hydrogen) atoms. The molecule has 5 nitrogen and oxygen atoms in total. The number of hydrogen-bond acceptors (Lipinski definition) is 4. The fourth-order valence-corrected chi connectivity index (χ4v) is 3.34. The van der Waals surface area contributed by atoms with Crippen LogP contribution in [0.4, 0.5) is 5.69 Å². The minimum atomic E-state index is -0.0495. The van der Waals surface area contributed by atoms with E-state index in [2.05, 4.69) is 34.1 Å². The van der Waals surface area contributed by atoms with Crippen molar-refractivity contribution in [2.45, 2.75) is 6.42 Å². The Labute approximate surface area is 146 Å². The first-order valence-electron chi connectivity index (χ1n) is 8.59. The van der Waals surface area contributed by atoms with Crippen molar-refractivity contribution in [2.75, 3.05) is 24.6 Å². The Kier molecular flexibility index (Phi) is 4.14. The van der Waals surface area contributed by atoms with E-state index in [0.717, 1.165) is 25.3 Å². The summed E-state index contributed by atoms with van der Waals surface area (Å²) in [7, 11) is 1.71. The molecule has 2 heterocycles. The number of fused-ring (bicyclic) bond motifs is 1. The summed E-state index contributed by atoms with van der Waals surface area (Å²) in [6.45, 7) is 2.72. The maximum absolute atomic E-state index is 12.2. The third kappa shape index (κ3) is 3.22. The molecule has 1 aliphatic rings. The third-order valence-electron chi connectivity index (χ3n) is 4.78. The van der Waals surface area contributed by atoms with E-state index in [1.165, 1.54) is 10.3 Å². The summed E-state index contributed by atoms with van der Waals surface area (Å²) in [6.07, 6.45) is 2.66. The summed E-state index contributed by atoms with van der Waals surface area (Å²) in [5, 5.41) is 0.597. The molecule has 0 N–H and O–H groups in total. The lowest BCUT2D eigenvalue weighted by Gasteiger charge is -2.18. The van der Waals surface area contributed by atoms with Gasteiger partial charge in [0.25, 0.3) is 5.56 Å². The molecule has 1 aromatic heterocycles. The minimum absolute atomic E-state index is 0.0495. The van der Waals surface area contributed by atoms with Gasteiger partial charge in [-0.25, -0.2) is 4.98 Å². The van der Waals surface area contributed by atoms with Crippen molar-refractivity contribution in [3.8, 4) is 5.75 Å². The molecule has 1 saturated heterocycles. The predicted molar refractivity (Wildman–Crippen MR) is 99.2 cm³/mol. The topological polar surface area (TPSA) is 47.4 Å². The second kappa shape index (κ2) is 6.59. The molecule has 0 saturated carbocycles. The fraction of sp³-hybridized carbons (Fsp3) is 0.300. The molecule has 1 unspecified atom stereocenters. The fourth-order valence-electron chi connectivity index (χ4n) is 3.34. The van der Waals surface area contributed by atoms with Crippen LogP contribution in [0.5, 0.6) is 5.75 Å². The number of anilines is 1. The van der Waals surface area contributed by atoms with E-state index in [4.69, 9.17) is 4.74 Å². The smallest absolute Gasteiger partial charge is 0.261 e. The molecule has 0 spiro atoms. The monoisotopic (exact) mass is 335 g/mol. The van der Waals surface area contributed by atoms with Gasteiger partial charge in [0.05, 0.1) is 23.8 Å². The van der Waals surface area contributed by atoms with E-state index in [0.29, 0.717) is 23.4 Å². The second-order valence-corrected chi connectivity index (χ2v) is 6.59. The summed E-state index contributed by atoms with van der Waals surface area (Å²) in [5.74, 6) is 1.23. The van der Waals surface area contributed by atoms with Crippen LogP contribution in [0.25, 0.3) is 10.9 Å². The lowest BCUT2D eigenvalue weighted by atomic mass is 10.1. The highest BCUT2D eigenvalue weighted by Gasteiger charge is 2.23.